The number of amides is 2. The Hall–Kier alpha value is -2.94. The maximum Gasteiger partial charge on any atom is 0.258 e. The Morgan fingerprint density at radius 2 is 1.84 bits per heavy atom. The third kappa shape index (κ3) is 5.45. The Labute approximate surface area is 201 Å². The van der Waals surface area contributed by atoms with Gasteiger partial charge in [-0.3, -0.25) is 9.59 Å². The van der Waals surface area contributed by atoms with E-state index in [1.807, 2.05) is 18.2 Å². The lowest BCUT2D eigenvalue weighted by Crippen LogP contribution is -2.49. The first kappa shape index (κ1) is 23.7. The van der Waals surface area contributed by atoms with Crippen molar-refractivity contribution >= 4 is 59.5 Å². The third-order valence-corrected chi connectivity index (χ3v) is 5.56. The van der Waals surface area contributed by atoms with Crippen LogP contribution in [-0.4, -0.2) is 52.9 Å². The molecule has 1 aromatic carbocycles. The first-order valence-corrected chi connectivity index (χ1v) is 10.5. The molecule has 0 aliphatic carbocycles. The van der Waals surface area contributed by atoms with Crippen LogP contribution in [0.3, 0.4) is 0 Å². The number of aromatic nitrogens is 2. The van der Waals surface area contributed by atoms with Crippen LogP contribution >= 0.6 is 36.2 Å². The average Bonchev–Trinajstić information content (AvgIpc) is 2.79. The van der Waals surface area contributed by atoms with Gasteiger partial charge in [0.05, 0.1) is 5.56 Å². The summed E-state index contributed by atoms with van der Waals surface area (Å²) >= 11 is 11.4. The fourth-order valence-corrected chi connectivity index (χ4v) is 3.91. The lowest BCUT2D eigenvalue weighted by molar-refractivity contribution is 0.0746. The summed E-state index contributed by atoms with van der Waals surface area (Å²) in [5.41, 5.74) is 1.20. The van der Waals surface area contributed by atoms with Crippen molar-refractivity contribution in [2.45, 2.75) is 0 Å². The summed E-state index contributed by atoms with van der Waals surface area (Å²) in [4.78, 5) is 36.7. The van der Waals surface area contributed by atoms with Crippen molar-refractivity contribution in [1.82, 2.24) is 14.9 Å². The largest absolute Gasteiger partial charge is 0.353 e. The number of rotatable bonds is 4. The quantitative estimate of drug-likeness (QED) is 0.529. The summed E-state index contributed by atoms with van der Waals surface area (Å²) in [6.45, 7) is 2.53. The maximum atomic E-state index is 13.1. The molecular formula is C22H21Cl2N5O2S. The second-order valence-corrected chi connectivity index (χ2v) is 7.91. The summed E-state index contributed by atoms with van der Waals surface area (Å²) in [7, 11) is 0. The fourth-order valence-electron chi connectivity index (χ4n) is 3.45. The molecule has 2 aromatic heterocycles. The lowest BCUT2D eigenvalue weighted by atomic mass is 10.1. The van der Waals surface area contributed by atoms with Gasteiger partial charge in [0, 0.05) is 54.8 Å². The number of hydrogen-bond acceptors (Lipinski definition) is 5. The lowest BCUT2D eigenvalue weighted by Gasteiger charge is -2.35. The number of carbonyl (C=O) groups excluding carboxylic acids is 2. The normalized spacial score (nSPS) is 13.3. The molecule has 1 saturated heterocycles. The van der Waals surface area contributed by atoms with Gasteiger partial charge in [-0.25, -0.2) is 4.98 Å². The minimum atomic E-state index is -0.369. The number of aromatic amines is 1. The number of pyridine rings is 2. The van der Waals surface area contributed by atoms with Crippen LogP contribution < -0.4 is 10.2 Å². The predicted molar refractivity (Wildman–Crippen MR) is 131 cm³/mol. The molecule has 3 aromatic rings. The highest BCUT2D eigenvalue weighted by Crippen LogP contribution is 2.22. The third-order valence-electron chi connectivity index (χ3n) is 5.01. The van der Waals surface area contributed by atoms with E-state index in [0.29, 0.717) is 52.7 Å². The van der Waals surface area contributed by atoms with Gasteiger partial charge in [0.25, 0.3) is 11.8 Å². The van der Waals surface area contributed by atoms with Gasteiger partial charge in [-0.05, 0) is 42.5 Å². The first-order valence-electron chi connectivity index (χ1n) is 9.76. The molecule has 4 rings (SSSR count). The van der Waals surface area contributed by atoms with E-state index in [4.69, 9.17) is 23.8 Å². The highest BCUT2D eigenvalue weighted by atomic mass is 35.5. The Morgan fingerprint density at radius 3 is 2.53 bits per heavy atom. The van der Waals surface area contributed by atoms with Crippen LogP contribution in [0.25, 0.3) is 0 Å². The minimum Gasteiger partial charge on any atom is -0.353 e. The summed E-state index contributed by atoms with van der Waals surface area (Å²) in [6.07, 6.45) is 3.42. The topological polar surface area (TPSA) is 81.3 Å². The Morgan fingerprint density at radius 1 is 1.06 bits per heavy atom. The molecule has 0 spiro atoms. The van der Waals surface area contributed by atoms with E-state index in [-0.39, 0.29) is 24.2 Å². The van der Waals surface area contributed by atoms with Crippen molar-refractivity contribution < 1.29 is 9.59 Å². The molecule has 0 atom stereocenters. The molecule has 1 aliphatic rings. The minimum absolute atomic E-state index is 0. The number of piperazine rings is 1. The van der Waals surface area contributed by atoms with Crippen LogP contribution in [0, 0.1) is 4.64 Å². The molecule has 7 nitrogen and oxygen atoms in total. The second-order valence-electron chi connectivity index (χ2n) is 7.06. The van der Waals surface area contributed by atoms with Crippen molar-refractivity contribution in [3.63, 3.8) is 0 Å². The number of anilines is 2. The van der Waals surface area contributed by atoms with Gasteiger partial charge in [-0.1, -0.05) is 29.9 Å². The Balaban J connectivity index is 0.00000289. The summed E-state index contributed by atoms with van der Waals surface area (Å²) < 4.78 is 0.337. The molecule has 32 heavy (non-hydrogen) atoms. The molecular weight excluding hydrogens is 469 g/mol. The maximum absolute atomic E-state index is 13.1. The highest BCUT2D eigenvalue weighted by molar-refractivity contribution is 7.71. The van der Waals surface area contributed by atoms with Gasteiger partial charge in [0.2, 0.25) is 0 Å². The van der Waals surface area contributed by atoms with E-state index in [9.17, 15) is 9.59 Å². The summed E-state index contributed by atoms with van der Waals surface area (Å²) in [5, 5.41) is 3.14. The van der Waals surface area contributed by atoms with E-state index >= 15 is 0 Å². The standard InChI is InChI=1S/C22H20ClN5O2S.ClH/c23-16-12-15(13-17(14-16)26-20(29)18-4-3-7-25-21(18)31)22(30)28-10-8-27(9-11-28)19-5-1-2-6-24-19;/h1-7,12-14H,8-11H2,(H,25,31)(H,26,29);1H. The van der Waals surface area contributed by atoms with Gasteiger partial charge in [-0.2, -0.15) is 0 Å². The van der Waals surface area contributed by atoms with E-state index in [2.05, 4.69) is 20.2 Å². The molecule has 1 aliphatic heterocycles. The predicted octanol–water partition coefficient (Wildman–Crippen LogP) is 4.43. The highest BCUT2D eigenvalue weighted by Gasteiger charge is 2.23. The molecule has 2 amide bonds. The SMILES string of the molecule is Cl.O=C(Nc1cc(Cl)cc(C(=O)N2CCN(c3ccccn3)CC2)c1)c1ccc[nH]c1=S. The summed E-state index contributed by atoms with van der Waals surface area (Å²) in [6, 6.07) is 14.0. The van der Waals surface area contributed by atoms with E-state index in [0.717, 1.165) is 5.82 Å². The van der Waals surface area contributed by atoms with Crippen LogP contribution in [0.1, 0.15) is 20.7 Å². The molecule has 2 N–H and O–H groups in total. The van der Waals surface area contributed by atoms with E-state index < -0.39 is 0 Å². The molecule has 1 fully saturated rings. The van der Waals surface area contributed by atoms with Crippen molar-refractivity contribution in [3.8, 4) is 0 Å². The van der Waals surface area contributed by atoms with Gasteiger partial charge in [0.1, 0.15) is 10.5 Å². The Bertz CT molecular complexity index is 1160. The van der Waals surface area contributed by atoms with Crippen molar-refractivity contribution in [1.29, 1.82) is 0 Å². The molecule has 3 heterocycles. The number of nitrogens with one attached hydrogen (secondary N) is 2. The number of benzene rings is 1. The van der Waals surface area contributed by atoms with E-state index in [1.165, 1.54) is 0 Å². The second kappa shape index (κ2) is 10.6. The summed E-state index contributed by atoms with van der Waals surface area (Å²) in [5.74, 6) is 0.406. The molecule has 0 bridgehead atoms. The van der Waals surface area contributed by atoms with Crippen LogP contribution in [0.2, 0.25) is 5.02 Å². The number of H-pyrrole nitrogens is 1. The fraction of sp³-hybridized carbons (Fsp3) is 0.182. The van der Waals surface area contributed by atoms with E-state index in [1.54, 1.807) is 47.6 Å². The smallest absolute Gasteiger partial charge is 0.258 e. The van der Waals surface area contributed by atoms with Crippen LogP contribution in [0.4, 0.5) is 11.5 Å². The zero-order valence-electron chi connectivity index (χ0n) is 17.0. The van der Waals surface area contributed by atoms with Gasteiger partial charge in [0.15, 0.2) is 0 Å². The zero-order chi connectivity index (χ0) is 21.8. The van der Waals surface area contributed by atoms with Crippen molar-refractivity contribution in [2.24, 2.45) is 0 Å². The number of halogens is 2. The van der Waals surface area contributed by atoms with Gasteiger partial charge >= 0.3 is 0 Å². The van der Waals surface area contributed by atoms with Crippen LogP contribution in [0.15, 0.2) is 60.9 Å². The average molecular weight is 490 g/mol. The van der Waals surface area contributed by atoms with Crippen LogP contribution in [-0.2, 0) is 0 Å². The molecule has 166 valence electrons. The number of nitrogens with zero attached hydrogens (tertiary/aromatic N) is 3. The van der Waals surface area contributed by atoms with Gasteiger partial charge < -0.3 is 20.1 Å². The molecule has 10 heteroatoms. The van der Waals surface area contributed by atoms with Crippen molar-refractivity contribution in [2.75, 3.05) is 36.4 Å². The Kier molecular flexibility index (Phi) is 7.84. The first-order chi connectivity index (χ1) is 15.0. The van der Waals surface area contributed by atoms with Crippen LogP contribution in [0.5, 0.6) is 0 Å². The van der Waals surface area contributed by atoms with Gasteiger partial charge in [-0.15, -0.1) is 12.4 Å². The zero-order valence-corrected chi connectivity index (χ0v) is 19.3. The number of hydrogen-bond donors (Lipinski definition) is 2. The monoisotopic (exact) mass is 489 g/mol. The molecule has 0 saturated carbocycles. The molecule has 0 unspecified atom stereocenters. The molecule has 0 radical (unpaired) electrons. The van der Waals surface area contributed by atoms with Crippen molar-refractivity contribution in [3.05, 3.63) is 81.7 Å². The number of carbonyl (C=O) groups is 2.